The fraction of sp³-hybridized carbons (Fsp3) is 0.550. The van der Waals surface area contributed by atoms with Gasteiger partial charge >= 0.3 is 6.03 Å². The van der Waals surface area contributed by atoms with Crippen LogP contribution in [0.1, 0.15) is 48.9 Å². The van der Waals surface area contributed by atoms with Crippen LogP contribution in [0.25, 0.3) is 10.2 Å². The van der Waals surface area contributed by atoms with Crippen LogP contribution in [0.4, 0.5) is 4.79 Å². The van der Waals surface area contributed by atoms with Gasteiger partial charge in [0.2, 0.25) is 5.91 Å². The summed E-state index contributed by atoms with van der Waals surface area (Å²) in [5, 5.41) is 4.19. The number of aromatic nitrogens is 2. The predicted molar refractivity (Wildman–Crippen MR) is 120 cm³/mol. The zero-order valence-corrected chi connectivity index (χ0v) is 19.3. The van der Waals surface area contributed by atoms with Gasteiger partial charge in [0.1, 0.15) is 16.2 Å². The second kappa shape index (κ2) is 8.27. The number of carbonyl (C=O) groups excluding carboxylic acids is 3. The number of urea groups is 1. The molecule has 11 heteroatoms. The van der Waals surface area contributed by atoms with Crippen LogP contribution in [-0.4, -0.2) is 44.1 Å². The van der Waals surface area contributed by atoms with Crippen molar-refractivity contribution in [2.75, 3.05) is 5.75 Å². The molecule has 0 bridgehead atoms. The van der Waals surface area contributed by atoms with Crippen molar-refractivity contribution in [3.8, 4) is 0 Å². The van der Waals surface area contributed by atoms with Crippen molar-refractivity contribution in [2.24, 2.45) is 5.92 Å². The lowest BCUT2D eigenvalue weighted by molar-refractivity contribution is -0.139. The zero-order valence-electron chi connectivity index (χ0n) is 17.7. The maximum atomic E-state index is 12.8. The molecule has 0 atom stereocenters. The SMILES string of the molecule is Cc1sc2nc(CSCC(=O)NN3C(=O)NC4(CCC(C)CC4)C3=O)[nH]c(=O)c2c1C. The van der Waals surface area contributed by atoms with Crippen molar-refractivity contribution in [3.05, 3.63) is 26.6 Å². The molecule has 1 saturated heterocycles. The Hall–Kier alpha value is -2.40. The van der Waals surface area contributed by atoms with Gasteiger partial charge in [0.05, 0.1) is 16.9 Å². The average molecular weight is 464 g/mol. The lowest BCUT2D eigenvalue weighted by Crippen LogP contribution is -2.51. The third-order valence-corrected chi connectivity index (χ3v) is 8.13. The quantitative estimate of drug-likeness (QED) is 0.585. The maximum Gasteiger partial charge on any atom is 0.344 e. The first-order chi connectivity index (χ1) is 14.7. The highest BCUT2D eigenvalue weighted by Gasteiger charge is 2.52. The monoisotopic (exact) mass is 463 g/mol. The van der Waals surface area contributed by atoms with Crippen LogP contribution >= 0.6 is 23.1 Å². The van der Waals surface area contributed by atoms with E-state index in [1.54, 1.807) is 0 Å². The van der Waals surface area contributed by atoms with Gasteiger partial charge in [-0.05, 0) is 51.0 Å². The molecular weight excluding hydrogens is 438 g/mol. The summed E-state index contributed by atoms with van der Waals surface area (Å²) in [6.07, 6.45) is 2.90. The number of fused-ring (bicyclic) bond motifs is 1. The number of nitrogens with one attached hydrogen (secondary N) is 3. The molecule has 0 unspecified atom stereocenters. The molecule has 9 nitrogen and oxygen atoms in total. The van der Waals surface area contributed by atoms with Crippen LogP contribution in [0, 0.1) is 19.8 Å². The zero-order chi connectivity index (χ0) is 22.3. The van der Waals surface area contributed by atoms with E-state index in [2.05, 4.69) is 27.6 Å². The van der Waals surface area contributed by atoms with Crippen molar-refractivity contribution in [2.45, 2.75) is 57.7 Å². The van der Waals surface area contributed by atoms with E-state index in [1.165, 1.54) is 23.1 Å². The number of rotatable bonds is 5. The summed E-state index contributed by atoms with van der Waals surface area (Å²) in [6, 6.07) is -0.585. The first kappa shape index (κ1) is 21.8. The number of aromatic amines is 1. The molecular formula is C20H25N5O4S2. The van der Waals surface area contributed by atoms with E-state index in [9.17, 15) is 19.2 Å². The van der Waals surface area contributed by atoms with E-state index in [0.717, 1.165) is 28.3 Å². The smallest absolute Gasteiger partial charge is 0.322 e. The van der Waals surface area contributed by atoms with E-state index in [0.29, 0.717) is 40.6 Å². The van der Waals surface area contributed by atoms with Crippen molar-refractivity contribution in [1.82, 2.24) is 25.7 Å². The average Bonchev–Trinajstić information content (AvgIpc) is 3.12. The standard InChI is InChI=1S/C20H25N5O4S2/c1-10-4-6-20(7-5-10)18(28)25(19(29)23-20)24-14(26)9-30-8-13-21-16(27)15-11(2)12(3)31-17(15)22-13/h10H,4-9H2,1-3H3,(H,23,29)(H,24,26)(H,21,22,27). The van der Waals surface area contributed by atoms with Gasteiger partial charge < -0.3 is 10.3 Å². The van der Waals surface area contributed by atoms with Crippen LogP contribution < -0.4 is 16.3 Å². The van der Waals surface area contributed by atoms with Crippen molar-refractivity contribution in [1.29, 1.82) is 0 Å². The Labute approximate surface area is 187 Å². The fourth-order valence-corrected chi connectivity index (χ4v) is 5.81. The molecule has 1 aliphatic heterocycles. The molecule has 3 N–H and O–H groups in total. The molecule has 2 fully saturated rings. The summed E-state index contributed by atoms with van der Waals surface area (Å²) in [7, 11) is 0. The highest BCUT2D eigenvalue weighted by atomic mass is 32.2. The third-order valence-electron chi connectivity index (χ3n) is 6.09. The molecule has 2 aliphatic rings. The molecule has 4 amide bonds. The molecule has 4 rings (SSSR count). The summed E-state index contributed by atoms with van der Waals surface area (Å²) in [5.41, 5.74) is 2.29. The summed E-state index contributed by atoms with van der Waals surface area (Å²) < 4.78 is 0. The predicted octanol–water partition coefficient (Wildman–Crippen LogP) is 2.37. The first-order valence-electron chi connectivity index (χ1n) is 10.2. The van der Waals surface area contributed by atoms with E-state index < -0.39 is 17.5 Å². The number of carbonyl (C=O) groups is 3. The number of thioether (sulfide) groups is 1. The number of aryl methyl sites for hydroxylation is 2. The molecule has 2 aromatic rings. The number of H-pyrrole nitrogens is 1. The van der Waals surface area contributed by atoms with Gasteiger partial charge in [-0.15, -0.1) is 23.1 Å². The van der Waals surface area contributed by atoms with Gasteiger partial charge in [-0.25, -0.2) is 9.78 Å². The van der Waals surface area contributed by atoms with Crippen LogP contribution in [0.3, 0.4) is 0 Å². The number of imide groups is 1. The normalized spacial score (nSPS) is 23.6. The third kappa shape index (κ3) is 4.08. The highest BCUT2D eigenvalue weighted by Crippen LogP contribution is 2.35. The summed E-state index contributed by atoms with van der Waals surface area (Å²) >= 11 is 2.72. The topological polar surface area (TPSA) is 124 Å². The van der Waals surface area contributed by atoms with Crippen molar-refractivity contribution >= 4 is 51.2 Å². The number of hydrazine groups is 1. The Balaban J connectivity index is 1.34. The molecule has 2 aromatic heterocycles. The van der Waals surface area contributed by atoms with E-state index in [4.69, 9.17) is 0 Å². The minimum Gasteiger partial charge on any atom is -0.322 e. The number of hydrogen-bond donors (Lipinski definition) is 3. The molecule has 31 heavy (non-hydrogen) atoms. The Morgan fingerprint density at radius 3 is 2.71 bits per heavy atom. The van der Waals surface area contributed by atoms with Gasteiger partial charge in [0.25, 0.3) is 11.5 Å². The maximum absolute atomic E-state index is 12.8. The van der Waals surface area contributed by atoms with E-state index in [-0.39, 0.29) is 17.2 Å². The van der Waals surface area contributed by atoms with Gasteiger partial charge in [0.15, 0.2) is 0 Å². The molecule has 0 aromatic carbocycles. The lowest BCUT2D eigenvalue weighted by Gasteiger charge is -2.33. The van der Waals surface area contributed by atoms with Crippen LogP contribution in [-0.2, 0) is 15.3 Å². The Kier molecular flexibility index (Phi) is 5.82. The molecule has 3 heterocycles. The fourth-order valence-electron chi connectivity index (χ4n) is 4.08. The van der Waals surface area contributed by atoms with Crippen LogP contribution in [0.15, 0.2) is 4.79 Å². The number of hydrogen-bond acceptors (Lipinski definition) is 7. The van der Waals surface area contributed by atoms with Gasteiger partial charge in [-0.3, -0.25) is 19.8 Å². The van der Waals surface area contributed by atoms with Gasteiger partial charge in [-0.2, -0.15) is 5.01 Å². The highest BCUT2D eigenvalue weighted by molar-refractivity contribution is 7.99. The lowest BCUT2D eigenvalue weighted by atomic mass is 9.77. The Bertz CT molecular complexity index is 1120. The van der Waals surface area contributed by atoms with E-state index >= 15 is 0 Å². The van der Waals surface area contributed by atoms with Crippen LogP contribution in [0.2, 0.25) is 0 Å². The second-order valence-corrected chi connectivity index (χ2v) is 10.5. The van der Waals surface area contributed by atoms with Gasteiger partial charge in [0, 0.05) is 4.88 Å². The number of amides is 4. The van der Waals surface area contributed by atoms with E-state index in [1.807, 2.05) is 13.8 Å². The molecule has 1 spiro atoms. The summed E-state index contributed by atoms with van der Waals surface area (Å²) in [4.78, 5) is 58.7. The molecule has 1 saturated carbocycles. The van der Waals surface area contributed by atoms with Crippen molar-refractivity contribution < 1.29 is 14.4 Å². The minimum absolute atomic E-state index is 0.0192. The first-order valence-corrected chi connectivity index (χ1v) is 12.2. The minimum atomic E-state index is -0.889. The Morgan fingerprint density at radius 2 is 2.00 bits per heavy atom. The molecule has 1 aliphatic carbocycles. The van der Waals surface area contributed by atoms with Crippen LogP contribution in [0.5, 0.6) is 0 Å². The molecule has 0 radical (unpaired) electrons. The number of thiophene rings is 1. The van der Waals surface area contributed by atoms with Gasteiger partial charge in [-0.1, -0.05) is 6.92 Å². The molecule has 166 valence electrons. The van der Waals surface area contributed by atoms with Crippen molar-refractivity contribution in [3.63, 3.8) is 0 Å². The Morgan fingerprint density at radius 1 is 1.29 bits per heavy atom. The number of nitrogens with zero attached hydrogens (tertiary/aromatic N) is 2. The summed E-state index contributed by atoms with van der Waals surface area (Å²) in [5.74, 6) is 0.518. The summed E-state index contributed by atoms with van der Waals surface area (Å²) in [6.45, 7) is 5.98. The largest absolute Gasteiger partial charge is 0.344 e. The second-order valence-electron chi connectivity index (χ2n) is 8.34.